The number of hydrogen-bond donors (Lipinski definition) is 3. The fourth-order valence-corrected chi connectivity index (χ4v) is 2.86. The van der Waals surface area contributed by atoms with Crippen LogP contribution >= 0.6 is 11.3 Å². The molecule has 0 spiro atoms. The van der Waals surface area contributed by atoms with Crippen molar-refractivity contribution >= 4 is 17.2 Å². The van der Waals surface area contributed by atoms with E-state index in [-0.39, 0.29) is 18.1 Å². The molecule has 1 heterocycles. The number of rotatable bonds is 4. The molecule has 1 amide bonds. The summed E-state index contributed by atoms with van der Waals surface area (Å²) >= 11 is 1.49. The number of aliphatic hydroxyl groups is 1. The summed E-state index contributed by atoms with van der Waals surface area (Å²) in [5.74, 6) is 0.00487. The van der Waals surface area contributed by atoms with Gasteiger partial charge in [0, 0.05) is 18.0 Å². The van der Waals surface area contributed by atoms with E-state index < -0.39 is 0 Å². The minimum absolute atomic E-state index is 0.00487. The van der Waals surface area contributed by atoms with E-state index >= 15 is 0 Å². The van der Waals surface area contributed by atoms with Gasteiger partial charge in [-0.25, -0.2) is 4.98 Å². The van der Waals surface area contributed by atoms with Crippen molar-refractivity contribution < 1.29 is 9.90 Å². The molecule has 1 aliphatic rings. The smallest absolute Gasteiger partial charge is 0.226 e. The average molecular weight is 269 g/mol. The standard InChI is InChI=1S/C12H19N3O2S/c13-6-12-15-9(7-18-12)5-11(17)14-8-1-3-10(16)4-2-8/h7-8,10,16H,1-6,13H2,(H,14,17). The topological polar surface area (TPSA) is 88.2 Å². The second-order valence-electron chi connectivity index (χ2n) is 4.69. The van der Waals surface area contributed by atoms with Crippen LogP contribution in [0.25, 0.3) is 0 Å². The summed E-state index contributed by atoms with van der Waals surface area (Å²) in [4.78, 5) is 16.1. The molecule has 1 saturated carbocycles. The van der Waals surface area contributed by atoms with Crippen molar-refractivity contribution in [3.05, 3.63) is 16.1 Å². The minimum atomic E-state index is -0.191. The maximum Gasteiger partial charge on any atom is 0.226 e. The van der Waals surface area contributed by atoms with E-state index in [9.17, 15) is 9.90 Å². The van der Waals surface area contributed by atoms with E-state index in [0.29, 0.717) is 13.0 Å². The lowest BCUT2D eigenvalue weighted by atomic mass is 9.93. The summed E-state index contributed by atoms with van der Waals surface area (Å²) in [5.41, 5.74) is 6.27. The van der Waals surface area contributed by atoms with Gasteiger partial charge in [0.25, 0.3) is 0 Å². The van der Waals surface area contributed by atoms with Crippen LogP contribution in [0.4, 0.5) is 0 Å². The van der Waals surface area contributed by atoms with Gasteiger partial charge in [-0.05, 0) is 25.7 Å². The molecular formula is C12H19N3O2S. The third kappa shape index (κ3) is 3.76. The van der Waals surface area contributed by atoms with Crippen LogP contribution in [0.1, 0.15) is 36.4 Å². The number of aromatic nitrogens is 1. The number of nitrogens with two attached hydrogens (primary N) is 1. The van der Waals surface area contributed by atoms with Crippen molar-refractivity contribution in [3.63, 3.8) is 0 Å². The molecule has 0 saturated heterocycles. The lowest BCUT2D eigenvalue weighted by Gasteiger charge is -2.26. The Hall–Kier alpha value is -0.980. The predicted octanol–water partition coefficient (Wildman–Crippen LogP) is 0.564. The summed E-state index contributed by atoms with van der Waals surface area (Å²) in [6.45, 7) is 0.423. The quantitative estimate of drug-likeness (QED) is 0.745. The zero-order valence-corrected chi connectivity index (χ0v) is 11.1. The van der Waals surface area contributed by atoms with Gasteiger partial charge in [0.15, 0.2) is 0 Å². The average Bonchev–Trinajstić information content (AvgIpc) is 2.79. The highest BCUT2D eigenvalue weighted by molar-refractivity contribution is 7.09. The highest BCUT2D eigenvalue weighted by Gasteiger charge is 2.20. The molecule has 0 atom stereocenters. The first-order valence-electron chi connectivity index (χ1n) is 6.28. The molecule has 4 N–H and O–H groups in total. The summed E-state index contributed by atoms with van der Waals surface area (Å²) in [5, 5.41) is 15.1. The second-order valence-corrected chi connectivity index (χ2v) is 5.63. The number of carbonyl (C=O) groups is 1. The van der Waals surface area contributed by atoms with Gasteiger partial charge in [-0.3, -0.25) is 4.79 Å². The number of hydrogen-bond acceptors (Lipinski definition) is 5. The minimum Gasteiger partial charge on any atom is -0.393 e. The van der Waals surface area contributed by atoms with E-state index in [2.05, 4.69) is 10.3 Å². The summed E-state index contributed by atoms with van der Waals surface area (Å²) in [6, 6.07) is 0.202. The molecule has 0 radical (unpaired) electrons. The molecule has 2 rings (SSSR count). The molecule has 0 aromatic carbocycles. The van der Waals surface area contributed by atoms with Crippen molar-refractivity contribution in [2.24, 2.45) is 5.73 Å². The van der Waals surface area contributed by atoms with E-state index in [4.69, 9.17) is 5.73 Å². The fourth-order valence-electron chi connectivity index (χ4n) is 2.19. The van der Waals surface area contributed by atoms with Crippen molar-refractivity contribution in [2.75, 3.05) is 0 Å². The Labute approximate surface area is 110 Å². The van der Waals surface area contributed by atoms with Crippen LogP contribution < -0.4 is 11.1 Å². The predicted molar refractivity (Wildman–Crippen MR) is 70.1 cm³/mol. The van der Waals surface area contributed by atoms with Crippen molar-refractivity contribution in [1.82, 2.24) is 10.3 Å². The Morgan fingerprint density at radius 2 is 2.22 bits per heavy atom. The molecular weight excluding hydrogens is 250 g/mol. The van der Waals surface area contributed by atoms with Gasteiger partial charge in [-0.2, -0.15) is 0 Å². The molecule has 6 heteroatoms. The molecule has 1 fully saturated rings. The molecule has 100 valence electrons. The summed E-state index contributed by atoms with van der Waals surface area (Å²) < 4.78 is 0. The van der Waals surface area contributed by atoms with Gasteiger partial charge >= 0.3 is 0 Å². The van der Waals surface area contributed by atoms with Gasteiger partial charge < -0.3 is 16.2 Å². The molecule has 0 unspecified atom stereocenters. The molecule has 5 nitrogen and oxygen atoms in total. The number of thiazole rings is 1. The fraction of sp³-hybridized carbons (Fsp3) is 0.667. The first-order valence-corrected chi connectivity index (χ1v) is 7.16. The maximum absolute atomic E-state index is 11.8. The molecule has 0 aliphatic heterocycles. The third-order valence-corrected chi connectivity index (χ3v) is 4.10. The number of nitrogens with zero attached hydrogens (tertiary/aromatic N) is 1. The van der Waals surface area contributed by atoms with Crippen molar-refractivity contribution in [3.8, 4) is 0 Å². The lowest BCUT2D eigenvalue weighted by molar-refractivity contribution is -0.121. The number of nitrogens with one attached hydrogen (secondary N) is 1. The largest absolute Gasteiger partial charge is 0.393 e. The SMILES string of the molecule is NCc1nc(CC(=O)NC2CCC(O)CC2)cs1. The van der Waals surface area contributed by atoms with Crippen LogP contribution in [0.15, 0.2) is 5.38 Å². The van der Waals surface area contributed by atoms with E-state index in [1.807, 2.05) is 5.38 Å². The van der Waals surface area contributed by atoms with Crippen molar-refractivity contribution in [2.45, 2.75) is 50.8 Å². The van der Waals surface area contributed by atoms with Gasteiger partial charge in [0.2, 0.25) is 5.91 Å². The van der Waals surface area contributed by atoms with Gasteiger partial charge in [0.1, 0.15) is 5.01 Å². The highest BCUT2D eigenvalue weighted by atomic mass is 32.1. The zero-order valence-electron chi connectivity index (χ0n) is 10.3. The highest BCUT2D eigenvalue weighted by Crippen LogP contribution is 2.18. The lowest BCUT2D eigenvalue weighted by Crippen LogP contribution is -2.39. The first kappa shape index (κ1) is 13.5. The summed E-state index contributed by atoms with van der Waals surface area (Å²) in [6.07, 6.45) is 3.40. The Morgan fingerprint density at radius 3 is 2.83 bits per heavy atom. The zero-order chi connectivity index (χ0) is 13.0. The summed E-state index contributed by atoms with van der Waals surface area (Å²) in [7, 11) is 0. The van der Waals surface area contributed by atoms with Crippen LogP contribution in [-0.4, -0.2) is 28.1 Å². The first-order chi connectivity index (χ1) is 8.67. The maximum atomic E-state index is 11.8. The molecule has 0 bridgehead atoms. The Bertz CT molecular complexity index is 400. The Morgan fingerprint density at radius 1 is 1.50 bits per heavy atom. The molecule has 1 aromatic heterocycles. The normalized spacial score (nSPS) is 23.9. The number of carbonyl (C=O) groups excluding carboxylic acids is 1. The van der Waals surface area contributed by atoms with Gasteiger partial charge in [-0.1, -0.05) is 0 Å². The second kappa shape index (κ2) is 6.26. The Balaban J connectivity index is 1.78. The van der Waals surface area contributed by atoms with Crippen LogP contribution in [0.2, 0.25) is 0 Å². The van der Waals surface area contributed by atoms with E-state index in [1.165, 1.54) is 11.3 Å². The number of aliphatic hydroxyl groups excluding tert-OH is 1. The van der Waals surface area contributed by atoms with Crippen LogP contribution in [0.5, 0.6) is 0 Å². The van der Waals surface area contributed by atoms with Crippen LogP contribution in [0, 0.1) is 0 Å². The third-order valence-electron chi connectivity index (χ3n) is 3.18. The van der Waals surface area contributed by atoms with Gasteiger partial charge in [-0.15, -0.1) is 11.3 Å². The van der Waals surface area contributed by atoms with E-state index in [1.54, 1.807) is 0 Å². The van der Waals surface area contributed by atoms with Crippen molar-refractivity contribution in [1.29, 1.82) is 0 Å². The Kier molecular flexibility index (Phi) is 4.68. The number of amides is 1. The van der Waals surface area contributed by atoms with Crippen LogP contribution in [0.3, 0.4) is 0 Å². The molecule has 1 aromatic rings. The van der Waals surface area contributed by atoms with Crippen LogP contribution in [-0.2, 0) is 17.8 Å². The van der Waals surface area contributed by atoms with Gasteiger partial charge in [0.05, 0.1) is 18.2 Å². The molecule has 1 aliphatic carbocycles. The van der Waals surface area contributed by atoms with E-state index in [0.717, 1.165) is 36.4 Å². The molecule has 18 heavy (non-hydrogen) atoms. The monoisotopic (exact) mass is 269 g/mol.